The Labute approximate surface area is 125 Å². The molecule has 5 heteroatoms. The molecule has 0 fully saturated rings. The van der Waals surface area contributed by atoms with Crippen molar-refractivity contribution in [3.8, 4) is 0 Å². The molecule has 1 amide bonds. The number of imidazole rings is 1. The lowest BCUT2D eigenvalue weighted by Crippen LogP contribution is -2.45. The van der Waals surface area contributed by atoms with Crippen LogP contribution in [0.4, 0.5) is 0 Å². The number of carbonyl (C=O) groups is 1. The van der Waals surface area contributed by atoms with Crippen molar-refractivity contribution >= 4 is 11.6 Å². The van der Waals surface area contributed by atoms with Crippen LogP contribution in [0.2, 0.25) is 0 Å². The van der Waals surface area contributed by atoms with Gasteiger partial charge in [-0.15, -0.1) is 0 Å². The van der Waals surface area contributed by atoms with E-state index in [1.54, 1.807) is 0 Å². The lowest BCUT2D eigenvalue weighted by Gasteiger charge is -2.28. The van der Waals surface area contributed by atoms with Gasteiger partial charge in [-0.2, -0.15) is 0 Å². The molecule has 0 unspecified atom stereocenters. The first kappa shape index (κ1) is 15.5. The van der Waals surface area contributed by atoms with Crippen molar-refractivity contribution in [2.24, 2.45) is 11.1 Å². The minimum Gasteiger partial charge on any atom is -0.350 e. The maximum absolute atomic E-state index is 12.4. The van der Waals surface area contributed by atoms with Crippen LogP contribution in [0.3, 0.4) is 0 Å². The molecule has 0 spiro atoms. The fourth-order valence-electron chi connectivity index (χ4n) is 2.53. The molecule has 0 atom stereocenters. The van der Waals surface area contributed by atoms with E-state index in [9.17, 15) is 4.79 Å². The highest BCUT2D eigenvalue weighted by molar-refractivity contribution is 5.82. The van der Waals surface area contributed by atoms with Gasteiger partial charge in [0.1, 0.15) is 5.65 Å². The van der Waals surface area contributed by atoms with E-state index in [0.717, 1.165) is 24.2 Å². The smallest absolute Gasteiger partial charge is 0.227 e. The summed E-state index contributed by atoms with van der Waals surface area (Å²) in [6.07, 6.45) is 5.41. The van der Waals surface area contributed by atoms with Crippen LogP contribution in [0.5, 0.6) is 0 Å². The lowest BCUT2D eigenvalue weighted by atomic mass is 9.81. The van der Waals surface area contributed by atoms with Crippen molar-refractivity contribution in [3.05, 3.63) is 35.8 Å². The van der Waals surface area contributed by atoms with Gasteiger partial charge < -0.3 is 15.5 Å². The Balaban J connectivity index is 2.09. The standard InChI is InChI=1S/C16H24N4O/c1-4-16(5-2,11-17)15(21)18-9-13-10-20-7-6-12(3)8-14(20)19-13/h6-8,10H,4-5,9,11,17H2,1-3H3,(H,18,21). The minimum absolute atomic E-state index is 0.0169. The number of nitrogens with zero attached hydrogens (tertiary/aromatic N) is 2. The van der Waals surface area contributed by atoms with Gasteiger partial charge in [0.25, 0.3) is 0 Å². The number of aryl methyl sites for hydroxylation is 1. The highest BCUT2D eigenvalue weighted by Gasteiger charge is 2.33. The topological polar surface area (TPSA) is 72.4 Å². The predicted octanol–water partition coefficient (Wildman–Crippen LogP) is 2.02. The van der Waals surface area contributed by atoms with Gasteiger partial charge >= 0.3 is 0 Å². The maximum Gasteiger partial charge on any atom is 0.227 e. The molecule has 2 aromatic heterocycles. The van der Waals surface area contributed by atoms with E-state index >= 15 is 0 Å². The van der Waals surface area contributed by atoms with Crippen LogP contribution in [0.1, 0.15) is 37.9 Å². The van der Waals surface area contributed by atoms with Crippen molar-refractivity contribution in [2.45, 2.75) is 40.2 Å². The third kappa shape index (κ3) is 3.08. The van der Waals surface area contributed by atoms with Crippen molar-refractivity contribution in [3.63, 3.8) is 0 Å². The third-order valence-corrected chi connectivity index (χ3v) is 4.32. The van der Waals surface area contributed by atoms with Crippen LogP contribution < -0.4 is 11.1 Å². The molecule has 0 aliphatic rings. The first-order chi connectivity index (χ1) is 10.0. The highest BCUT2D eigenvalue weighted by Crippen LogP contribution is 2.25. The number of nitrogens with two attached hydrogens (primary N) is 1. The van der Waals surface area contributed by atoms with Crippen LogP contribution in [0.25, 0.3) is 5.65 Å². The van der Waals surface area contributed by atoms with Crippen molar-refractivity contribution in [2.75, 3.05) is 6.54 Å². The van der Waals surface area contributed by atoms with Crippen LogP contribution in [-0.4, -0.2) is 21.8 Å². The normalized spacial score (nSPS) is 11.8. The molecule has 0 bridgehead atoms. The van der Waals surface area contributed by atoms with E-state index in [2.05, 4.69) is 10.3 Å². The van der Waals surface area contributed by atoms with E-state index in [-0.39, 0.29) is 5.91 Å². The van der Waals surface area contributed by atoms with Gasteiger partial charge in [-0.05, 0) is 37.5 Å². The summed E-state index contributed by atoms with van der Waals surface area (Å²) >= 11 is 0. The number of pyridine rings is 1. The number of hydrogen-bond acceptors (Lipinski definition) is 3. The first-order valence-electron chi connectivity index (χ1n) is 7.47. The summed E-state index contributed by atoms with van der Waals surface area (Å²) in [5.41, 5.74) is 8.25. The number of fused-ring (bicyclic) bond motifs is 1. The average molecular weight is 288 g/mol. The molecule has 5 nitrogen and oxygen atoms in total. The number of nitrogens with one attached hydrogen (secondary N) is 1. The molecule has 2 rings (SSSR count). The van der Waals surface area contributed by atoms with Gasteiger partial charge in [-0.3, -0.25) is 4.79 Å². The van der Waals surface area contributed by atoms with Gasteiger partial charge in [-0.1, -0.05) is 13.8 Å². The monoisotopic (exact) mass is 288 g/mol. The fourth-order valence-corrected chi connectivity index (χ4v) is 2.53. The van der Waals surface area contributed by atoms with Gasteiger partial charge in [-0.25, -0.2) is 4.98 Å². The first-order valence-corrected chi connectivity index (χ1v) is 7.47. The second-order valence-corrected chi connectivity index (χ2v) is 5.58. The van der Waals surface area contributed by atoms with E-state index < -0.39 is 5.41 Å². The molecular formula is C16H24N4O. The lowest BCUT2D eigenvalue weighted by molar-refractivity contribution is -0.131. The largest absolute Gasteiger partial charge is 0.350 e. The summed E-state index contributed by atoms with van der Waals surface area (Å²) < 4.78 is 1.96. The SMILES string of the molecule is CCC(CC)(CN)C(=O)NCc1cn2ccc(C)cc2n1. The Hall–Kier alpha value is -1.88. The predicted molar refractivity (Wildman–Crippen MR) is 83.8 cm³/mol. The summed E-state index contributed by atoms with van der Waals surface area (Å²) in [5.74, 6) is 0.0169. The Morgan fingerprint density at radius 3 is 2.76 bits per heavy atom. The minimum atomic E-state index is -0.463. The molecular weight excluding hydrogens is 264 g/mol. The van der Waals surface area contributed by atoms with E-state index in [1.165, 1.54) is 5.56 Å². The summed E-state index contributed by atoms with van der Waals surface area (Å²) in [4.78, 5) is 16.9. The summed E-state index contributed by atoms with van der Waals surface area (Å²) in [6, 6.07) is 4.05. The van der Waals surface area contributed by atoms with Gasteiger partial charge in [0.2, 0.25) is 5.91 Å². The third-order valence-electron chi connectivity index (χ3n) is 4.32. The summed E-state index contributed by atoms with van der Waals surface area (Å²) in [6.45, 7) is 6.85. The van der Waals surface area contributed by atoms with Crippen molar-refractivity contribution < 1.29 is 4.79 Å². The molecule has 2 aromatic rings. The van der Waals surface area contributed by atoms with E-state index in [0.29, 0.717) is 13.1 Å². The zero-order chi connectivity index (χ0) is 15.5. The molecule has 0 radical (unpaired) electrons. The second kappa shape index (κ2) is 6.26. The Bertz CT molecular complexity index is 620. The van der Waals surface area contributed by atoms with Crippen LogP contribution in [0.15, 0.2) is 24.5 Å². The number of carbonyl (C=O) groups excluding carboxylic acids is 1. The van der Waals surface area contributed by atoms with Crippen LogP contribution in [0, 0.1) is 12.3 Å². The summed E-state index contributed by atoms with van der Waals surface area (Å²) in [7, 11) is 0. The Morgan fingerprint density at radius 1 is 1.43 bits per heavy atom. The molecule has 3 N–H and O–H groups in total. The molecule has 2 heterocycles. The van der Waals surface area contributed by atoms with E-state index in [1.807, 2.05) is 49.7 Å². The van der Waals surface area contributed by atoms with Crippen molar-refractivity contribution in [1.82, 2.24) is 14.7 Å². The van der Waals surface area contributed by atoms with Gasteiger partial charge in [0, 0.05) is 18.9 Å². The fraction of sp³-hybridized carbons (Fsp3) is 0.500. The molecule has 0 aromatic carbocycles. The Kier molecular flexibility index (Phi) is 4.63. The quantitative estimate of drug-likeness (QED) is 0.854. The van der Waals surface area contributed by atoms with Gasteiger partial charge in [0.05, 0.1) is 17.7 Å². The summed E-state index contributed by atoms with van der Waals surface area (Å²) in [5, 5.41) is 2.97. The molecule has 114 valence electrons. The molecule has 0 aliphatic carbocycles. The molecule has 21 heavy (non-hydrogen) atoms. The average Bonchev–Trinajstić information content (AvgIpc) is 2.89. The molecule has 0 saturated heterocycles. The second-order valence-electron chi connectivity index (χ2n) is 5.58. The number of amides is 1. The van der Waals surface area contributed by atoms with E-state index in [4.69, 9.17) is 5.73 Å². The zero-order valence-electron chi connectivity index (χ0n) is 13.0. The highest BCUT2D eigenvalue weighted by atomic mass is 16.2. The number of rotatable bonds is 6. The number of hydrogen-bond donors (Lipinski definition) is 2. The number of aromatic nitrogens is 2. The molecule has 0 aliphatic heterocycles. The maximum atomic E-state index is 12.4. The molecule has 0 saturated carbocycles. The van der Waals surface area contributed by atoms with Crippen LogP contribution >= 0.6 is 0 Å². The van der Waals surface area contributed by atoms with Gasteiger partial charge in [0.15, 0.2) is 0 Å². The van der Waals surface area contributed by atoms with Crippen LogP contribution in [-0.2, 0) is 11.3 Å². The Morgan fingerprint density at radius 2 is 2.14 bits per heavy atom. The zero-order valence-corrected chi connectivity index (χ0v) is 13.0. The van der Waals surface area contributed by atoms with Crippen molar-refractivity contribution in [1.29, 1.82) is 0 Å².